The van der Waals surface area contributed by atoms with Crippen molar-refractivity contribution in [2.24, 2.45) is 0 Å². The molecule has 1 heterocycles. The molecule has 2 N–H and O–H groups in total. The van der Waals surface area contributed by atoms with Crippen LogP contribution >= 0.6 is 0 Å². The van der Waals surface area contributed by atoms with Crippen LogP contribution in [0.1, 0.15) is 31.7 Å². The minimum Gasteiger partial charge on any atom is -0.479 e. The Morgan fingerprint density at radius 3 is 2.56 bits per heavy atom. The van der Waals surface area contributed by atoms with Gasteiger partial charge in [-0.15, -0.1) is 0 Å². The van der Waals surface area contributed by atoms with Crippen LogP contribution in [0.5, 0.6) is 0 Å². The number of aliphatic carboxylic acids is 1. The topological polar surface area (TPSA) is 96.0 Å². The number of epoxide rings is 1. The minimum absolute atomic E-state index is 0.0503. The van der Waals surface area contributed by atoms with Gasteiger partial charge in [0, 0.05) is 6.42 Å². The molecular formula is C21H23NO5. The van der Waals surface area contributed by atoms with Crippen molar-refractivity contribution < 1.29 is 24.2 Å². The predicted octanol–water partition coefficient (Wildman–Crippen LogP) is 2.48. The number of benzene rings is 2. The van der Waals surface area contributed by atoms with Gasteiger partial charge in [-0.25, -0.2) is 4.79 Å². The molecular weight excluding hydrogens is 346 g/mol. The van der Waals surface area contributed by atoms with Crippen LogP contribution in [0.3, 0.4) is 0 Å². The smallest absolute Gasteiger partial charge is 0.336 e. The number of hydrogen-bond acceptors (Lipinski definition) is 4. The van der Waals surface area contributed by atoms with E-state index < -0.39 is 30.1 Å². The van der Waals surface area contributed by atoms with Gasteiger partial charge in [0.15, 0.2) is 18.0 Å². The van der Waals surface area contributed by atoms with E-state index >= 15 is 0 Å². The van der Waals surface area contributed by atoms with E-state index in [1.165, 1.54) is 0 Å². The van der Waals surface area contributed by atoms with Crippen molar-refractivity contribution in [1.29, 1.82) is 0 Å². The van der Waals surface area contributed by atoms with E-state index in [1.54, 1.807) is 0 Å². The summed E-state index contributed by atoms with van der Waals surface area (Å²) in [5, 5.41) is 13.8. The zero-order valence-electron chi connectivity index (χ0n) is 15.2. The number of ether oxygens (including phenoxy) is 1. The summed E-state index contributed by atoms with van der Waals surface area (Å²) >= 11 is 0. The minimum atomic E-state index is -1.16. The number of fused-ring (bicyclic) bond motifs is 1. The van der Waals surface area contributed by atoms with E-state index in [0.29, 0.717) is 19.3 Å². The molecule has 0 aliphatic carbocycles. The lowest BCUT2D eigenvalue weighted by Crippen LogP contribution is -2.43. The van der Waals surface area contributed by atoms with E-state index in [0.717, 1.165) is 22.8 Å². The molecule has 0 aromatic heterocycles. The molecule has 1 aliphatic heterocycles. The quantitative estimate of drug-likeness (QED) is 0.662. The maximum atomic E-state index is 12.7. The number of ketones is 1. The number of nitrogens with one attached hydrogen (secondary N) is 1. The maximum Gasteiger partial charge on any atom is 0.336 e. The zero-order chi connectivity index (χ0) is 19.4. The molecule has 1 saturated heterocycles. The number of amides is 1. The second-order valence-corrected chi connectivity index (χ2v) is 6.77. The molecule has 6 heteroatoms. The number of carbonyl (C=O) groups is 3. The summed E-state index contributed by atoms with van der Waals surface area (Å²) < 4.78 is 4.85. The Balaban J connectivity index is 1.61. The van der Waals surface area contributed by atoms with Crippen LogP contribution in [0.2, 0.25) is 0 Å². The summed E-state index contributed by atoms with van der Waals surface area (Å²) in [7, 11) is 0. The normalized spacial score (nSPS) is 19.4. The average molecular weight is 369 g/mol. The third-order valence-corrected chi connectivity index (χ3v) is 4.80. The first-order valence-corrected chi connectivity index (χ1v) is 9.19. The summed E-state index contributed by atoms with van der Waals surface area (Å²) in [4.78, 5) is 35.6. The zero-order valence-corrected chi connectivity index (χ0v) is 15.2. The lowest BCUT2D eigenvalue weighted by atomic mass is 9.97. The van der Waals surface area contributed by atoms with Crippen LogP contribution in [0.25, 0.3) is 10.8 Å². The molecule has 1 fully saturated rings. The van der Waals surface area contributed by atoms with Gasteiger partial charge in [-0.3, -0.25) is 9.59 Å². The molecule has 3 atom stereocenters. The number of carboxylic acids is 1. The molecule has 1 aliphatic rings. The Bertz CT molecular complexity index is 857. The van der Waals surface area contributed by atoms with Crippen molar-refractivity contribution >= 4 is 28.4 Å². The van der Waals surface area contributed by atoms with Gasteiger partial charge in [0.2, 0.25) is 0 Å². The van der Waals surface area contributed by atoms with Gasteiger partial charge in [-0.2, -0.15) is 0 Å². The van der Waals surface area contributed by atoms with E-state index in [9.17, 15) is 14.4 Å². The number of carboxylic acid groups (broad SMARTS) is 1. The molecule has 1 amide bonds. The van der Waals surface area contributed by atoms with Crippen LogP contribution < -0.4 is 5.32 Å². The summed E-state index contributed by atoms with van der Waals surface area (Å²) in [5.41, 5.74) is 1.10. The summed E-state index contributed by atoms with van der Waals surface area (Å²) in [6.45, 7) is 1.94. The molecule has 0 bridgehead atoms. The van der Waals surface area contributed by atoms with Gasteiger partial charge in [-0.1, -0.05) is 55.8 Å². The molecule has 6 nitrogen and oxygen atoms in total. The molecule has 2 aromatic rings. The summed E-state index contributed by atoms with van der Waals surface area (Å²) in [5.74, 6) is -1.74. The van der Waals surface area contributed by atoms with E-state index in [1.807, 2.05) is 49.4 Å². The number of Topliss-reactive ketones (excluding diaryl/α,β-unsaturated/α-hetero) is 1. The highest BCUT2D eigenvalue weighted by molar-refractivity contribution is 5.95. The van der Waals surface area contributed by atoms with Crippen LogP contribution in [0, 0.1) is 0 Å². The molecule has 2 aromatic carbocycles. The predicted molar refractivity (Wildman–Crippen MR) is 100 cm³/mol. The standard InChI is InChI=1S/C21H23NO5/c1-2-6-16(22-20(24)18-19(27-18)21(25)26)17(23)12-11-14-9-5-8-13-7-3-4-10-15(13)14/h3-5,7-10,16,18-19H,2,6,11-12H2,1H3,(H,22,24)(H,25,26)/t16-,18+,19+/m0/s1. The van der Waals surface area contributed by atoms with Gasteiger partial charge < -0.3 is 15.2 Å². The first-order chi connectivity index (χ1) is 13.0. The Labute approximate surface area is 157 Å². The highest BCUT2D eigenvalue weighted by Crippen LogP contribution is 2.23. The molecule has 0 saturated carbocycles. The van der Waals surface area contributed by atoms with Gasteiger partial charge in [0.05, 0.1) is 6.04 Å². The number of carbonyl (C=O) groups excluding carboxylic acids is 2. The first-order valence-electron chi connectivity index (χ1n) is 9.19. The Hall–Kier alpha value is -2.73. The van der Waals surface area contributed by atoms with Crippen molar-refractivity contribution in [2.45, 2.75) is 50.9 Å². The number of rotatable bonds is 9. The average Bonchev–Trinajstić information content (AvgIpc) is 3.47. The van der Waals surface area contributed by atoms with Crippen molar-refractivity contribution in [3.8, 4) is 0 Å². The molecule has 142 valence electrons. The highest BCUT2D eigenvalue weighted by Gasteiger charge is 2.51. The van der Waals surface area contributed by atoms with Crippen LogP contribution in [0.15, 0.2) is 42.5 Å². The molecule has 0 radical (unpaired) electrons. The molecule has 0 spiro atoms. The summed E-state index contributed by atoms with van der Waals surface area (Å²) in [6.07, 6.45) is 0.0651. The van der Waals surface area contributed by atoms with Crippen LogP contribution in [-0.2, 0) is 25.5 Å². The molecule has 0 unspecified atom stereocenters. The Morgan fingerprint density at radius 1 is 1.11 bits per heavy atom. The third-order valence-electron chi connectivity index (χ3n) is 4.80. The molecule has 27 heavy (non-hydrogen) atoms. The van der Waals surface area contributed by atoms with Gasteiger partial charge in [0.25, 0.3) is 5.91 Å². The lowest BCUT2D eigenvalue weighted by Gasteiger charge is -2.17. The van der Waals surface area contributed by atoms with Crippen LogP contribution in [0.4, 0.5) is 0 Å². The lowest BCUT2D eigenvalue weighted by molar-refractivity contribution is -0.138. The Morgan fingerprint density at radius 2 is 1.85 bits per heavy atom. The Kier molecular flexibility index (Phi) is 5.86. The van der Waals surface area contributed by atoms with Crippen molar-refractivity contribution in [3.63, 3.8) is 0 Å². The fraction of sp³-hybridized carbons (Fsp3) is 0.381. The number of aryl methyl sites for hydroxylation is 1. The van der Waals surface area contributed by atoms with E-state index in [4.69, 9.17) is 9.84 Å². The highest BCUT2D eigenvalue weighted by atomic mass is 16.6. The fourth-order valence-electron chi connectivity index (χ4n) is 3.30. The van der Waals surface area contributed by atoms with Crippen LogP contribution in [-0.4, -0.2) is 41.0 Å². The maximum absolute atomic E-state index is 12.7. The summed E-state index contributed by atoms with van der Waals surface area (Å²) in [6, 6.07) is 13.4. The van der Waals surface area contributed by atoms with Crippen molar-refractivity contribution in [1.82, 2.24) is 5.32 Å². The molecule has 3 rings (SSSR count). The second kappa shape index (κ2) is 8.31. The van der Waals surface area contributed by atoms with E-state index in [2.05, 4.69) is 5.32 Å². The number of hydrogen-bond donors (Lipinski definition) is 2. The second-order valence-electron chi connectivity index (χ2n) is 6.77. The van der Waals surface area contributed by atoms with Gasteiger partial charge >= 0.3 is 5.97 Å². The fourth-order valence-corrected chi connectivity index (χ4v) is 3.30. The third kappa shape index (κ3) is 4.52. The first kappa shape index (κ1) is 19.0. The van der Waals surface area contributed by atoms with Crippen molar-refractivity contribution in [3.05, 3.63) is 48.0 Å². The van der Waals surface area contributed by atoms with E-state index in [-0.39, 0.29) is 5.78 Å². The monoisotopic (exact) mass is 369 g/mol. The van der Waals surface area contributed by atoms with Gasteiger partial charge in [0.1, 0.15) is 0 Å². The largest absolute Gasteiger partial charge is 0.479 e. The van der Waals surface area contributed by atoms with Gasteiger partial charge in [-0.05, 0) is 29.2 Å². The van der Waals surface area contributed by atoms with Crippen molar-refractivity contribution in [2.75, 3.05) is 0 Å². The SMILES string of the molecule is CCC[C@H](NC(=O)[C@@H]1O[C@H]1C(=O)O)C(=O)CCc1cccc2ccccc12.